The molecule has 2 heterocycles. The van der Waals surface area contributed by atoms with Crippen LogP contribution in [-0.4, -0.2) is 59.1 Å². The average molecular weight is 226 g/mol. The second kappa shape index (κ2) is 5.15. The number of carbonyl (C=O) groups is 1. The molecule has 2 atom stereocenters. The third-order valence-electron chi connectivity index (χ3n) is 3.64. The zero-order chi connectivity index (χ0) is 11.5. The van der Waals surface area contributed by atoms with E-state index in [1.165, 1.54) is 19.3 Å². The standard InChI is InChI=1S/C12H22N2O2/c1-10(8-13-5-3-2-4-6-13)14-9-11(15)7-12(14)16/h10-11,15H,2-9H2,1H3. The maximum Gasteiger partial charge on any atom is 0.225 e. The summed E-state index contributed by atoms with van der Waals surface area (Å²) in [6, 6.07) is 0.239. The van der Waals surface area contributed by atoms with Crippen LogP contribution in [0.4, 0.5) is 0 Å². The number of carbonyl (C=O) groups excluding carboxylic acids is 1. The van der Waals surface area contributed by atoms with Gasteiger partial charge in [-0.2, -0.15) is 0 Å². The monoisotopic (exact) mass is 226 g/mol. The summed E-state index contributed by atoms with van der Waals surface area (Å²) in [7, 11) is 0. The van der Waals surface area contributed by atoms with Gasteiger partial charge < -0.3 is 14.9 Å². The zero-order valence-electron chi connectivity index (χ0n) is 10.1. The summed E-state index contributed by atoms with van der Waals surface area (Å²) in [6.45, 7) is 5.89. The lowest BCUT2D eigenvalue weighted by Gasteiger charge is -2.33. The Kier molecular flexibility index (Phi) is 3.82. The maximum absolute atomic E-state index is 11.6. The van der Waals surface area contributed by atoms with E-state index in [4.69, 9.17) is 0 Å². The third-order valence-corrected chi connectivity index (χ3v) is 3.64. The van der Waals surface area contributed by atoms with Crippen molar-refractivity contribution in [3.05, 3.63) is 0 Å². The van der Waals surface area contributed by atoms with E-state index >= 15 is 0 Å². The summed E-state index contributed by atoms with van der Waals surface area (Å²) in [6.07, 6.45) is 3.76. The molecule has 0 bridgehead atoms. The van der Waals surface area contributed by atoms with E-state index < -0.39 is 6.10 Å². The highest BCUT2D eigenvalue weighted by atomic mass is 16.3. The minimum atomic E-state index is -0.448. The molecule has 1 amide bonds. The molecular weight excluding hydrogens is 204 g/mol. The first kappa shape index (κ1) is 11.9. The van der Waals surface area contributed by atoms with Crippen LogP contribution in [0, 0.1) is 0 Å². The Balaban J connectivity index is 1.82. The van der Waals surface area contributed by atoms with Crippen LogP contribution in [0.15, 0.2) is 0 Å². The largest absolute Gasteiger partial charge is 0.391 e. The van der Waals surface area contributed by atoms with Crippen molar-refractivity contribution in [3.8, 4) is 0 Å². The van der Waals surface area contributed by atoms with E-state index in [0.29, 0.717) is 13.0 Å². The number of piperidine rings is 1. The normalized spacial score (nSPS) is 29.8. The van der Waals surface area contributed by atoms with Crippen LogP contribution in [0.5, 0.6) is 0 Å². The number of rotatable bonds is 3. The number of β-amino-alcohol motifs (C(OH)–C–C–N with tert-alkyl or cyclic N) is 1. The van der Waals surface area contributed by atoms with Crippen LogP contribution in [-0.2, 0) is 4.79 Å². The lowest BCUT2D eigenvalue weighted by atomic mass is 10.1. The fourth-order valence-electron chi connectivity index (χ4n) is 2.75. The Morgan fingerprint density at radius 3 is 2.62 bits per heavy atom. The summed E-state index contributed by atoms with van der Waals surface area (Å²) in [5.41, 5.74) is 0. The van der Waals surface area contributed by atoms with E-state index in [0.717, 1.165) is 19.6 Å². The van der Waals surface area contributed by atoms with Crippen molar-refractivity contribution >= 4 is 5.91 Å². The van der Waals surface area contributed by atoms with E-state index in [1.807, 2.05) is 4.90 Å². The first-order valence-corrected chi connectivity index (χ1v) is 6.36. The van der Waals surface area contributed by atoms with Gasteiger partial charge in [-0.25, -0.2) is 0 Å². The molecule has 1 N–H and O–H groups in total. The Morgan fingerprint density at radius 1 is 1.38 bits per heavy atom. The molecule has 0 aromatic carbocycles. The molecule has 0 aliphatic carbocycles. The molecule has 2 saturated heterocycles. The molecule has 2 rings (SSSR count). The lowest BCUT2D eigenvalue weighted by Crippen LogP contribution is -2.44. The van der Waals surface area contributed by atoms with Crippen LogP contribution < -0.4 is 0 Å². The summed E-state index contributed by atoms with van der Waals surface area (Å²) in [5, 5.41) is 9.45. The van der Waals surface area contributed by atoms with Crippen LogP contribution in [0.2, 0.25) is 0 Å². The molecule has 0 aromatic rings. The molecule has 2 aliphatic heterocycles. The van der Waals surface area contributed by atoms with Gasteiger partial charge in [0.15, 0.2) is 0 Å². The van der Waals surface area contributed by atoms with E-state index in [9.17, 15) is 9.90 Å². The minimum absolute atomic E-state index is 0.108. The van der Waals surface area contributed by atoms with Crippen LogP contribution in [0.1, 0.15) is 32.6 Å². The predicted octanol–water partition coefficient (Wildman–Crippen LogP) is 0.454. The van der Waals surface area contributed by atoms with Crippen LogP contribution in [0.25, 0.3) is 0 Å². The van der Waals surface area contributed by atoms with Gasteiger partial charge in [0.25, 0.3) is 0 Å². The Labute approximate surface area is 97.2 Å². The van der Waals surface area contributed by atoms with Gasteiger partial charge in [-0.3, -0.25) is 4.79 Å². The number of aliphatic hydroxyl groups excluding tert-OH is 1. The van der Waals surface area contributed by atoms with Gasteiger partial charge in [-0.05, 0) is 32.9 Å². The SMILES string of the molecule is CC(CN1CCCCC1)N1CC(O)CC1=O. The molecule has 4 nitrogen and oxygen atoms in total. The number of likely N-dealkylation sites (tertiary alicyclic amines) is 2. The smallest absolute Gasteiger partial charge is 0.225 e. The number of amides is 1. The van der Waals surface area contributed by atoms with Crippen LogP contribution in [0.3, 0.4) is 0 Å². The molecule has 0 aromatic heterocycles. The highest BCUT2D eigenvalue weighted by Gasteiger charge is 2.32. The Hall–Kier alpha value is -0.610. The highest BCUT2D eigenvalue weighted by molar-refractivity contribution is 5.79. The van der Waals surface area contributed by atoms with E-state index in [2.05, 4.69) is 11.8 Å². The van der Waals surface area contributed by atoms with Gasteiger partial charge in [0, 0.05) is 19.1 Å². The number of aliphatic hydroxyl groups is 1. The second-order valence-electron chi connectivity index (χ2n) is 5.11. The molecule has 2 unspecified atom stereocenters. The molecule has 92 valence electrons. The summed E-state index contributed by atoms with van der Waals surface area (Å²) in [4.78, 5) is 15.9. The van der Waals surface area contributed by atoms with Gasteiger partial charge in [0.05, 0.1) is 12.5 Å². The fourth-order valence-corrected chi connectivity index (χ4v) is 2.75. The van der Waals surface area contributed by atoms with Crippen molar-refractivity contribution in [3.63, 3.8) is 0 Å². The molecule has 2 fully saturated rings. The zero-order valence-corrected chi connectivity index (χ0v) is 10.1. The summed E-state index contributed by atoms with van der Waals surface area (Å²) < 4.78 is 0. The average Bonchev–Trinajstić information content (AvgIpc) is 2.59. The topological polar surface area (TPSA) is 43.8 Å². The quantitative estimate of drug-likeness (QED) is 0.760. The maximum atomic E-state index is 11.6. The molecule has 0 saturated carbocycles. The molecule has 2 aliphatic rings. The van der Waals surface area contributed by atoms with Gasteiger partial charge in [-0.1, -0.05) is 6.42 Å². The second-order valence-corrected chi connectivity index (χ2v) is 5.11. The minimum Gasteiger partial charge on any atom is -0.391 e. The van der Waals surface area contributed by atoms with Gasteiger partial charge in [0.2, 0.25) is 5.91 Å². The van der Waals surface area contributed by atoms with E-state index in [-0.39, 0.29) is 11.9 Å². The van der Waals surface area contributed by atoms with Gasteiger partial charge >= 0.3 is 0 Å². The first-order valence-electron chi connectivity index (χ1n) is 6.36. The number of hydrogen-bond acceptors (Lipinski definition) is 3. The fraction of sp³-hybridized carbons (Fsp3) is 0.917. The number of nitrogens with zero attached hydrogens (tertiary/aromatic N) is 2. The van der Waals surface area contributed by atoms with Crippen molar-refractivity contribution < 1.29 is 9.90 Å². The molecule has 0 spiro atoms. The van der Waals surface area contributed by atoms with Gasteiger partial charge in [-0.15, -0.1) is 0 Å². The summed E-state index contributed by atoms with van der Waals surface area (Å²) in [5.74, 6) is 0.108. The number of hydrogen-bond donors (Lipinski definition) is 1. The Bertz CT molecular complexity index is 251. The first-order chi connectivity index (χ1) is 7.66. The van der Waals surface area contributed by atoms with E-state index in [1.54, 1.807) is 0 Å². The van der Waals surface area contributed by atoms with Crippen molar-refractivity contribution in [2.75, 3.05) is 26.2 Å². The Morgan fingerprint density at radius 2 is 2.06 bits per heavy atom. The van der Waals surface area contributed by atoms with Crippen LogP contribution >= 0.6 is 0 Å². The van der Waals surface area contributed by atoms with Crippen molar-refractivity contribution in [1.82, 2.24) is 9.80 Å². The molecular formula is C12H22N2O2. The molecule has 16 heavy (non-hydrogen) atoms. The molecule has 4 heteroatoms. The van der Waals surface area contributed by atoms with Crippen molar-refractivity contribution in [1.29, 1.82) is 0 Å². The molecule has 0 radical (unpaired) electrons. The third kappa shape index (κ3) is 2.74. The van der Waals surface area contributed by atoms with Gasteiger partial charge in [0.1, 0.15) is 0 Å². The predicted molar refractivity (Wildman–Crippen MR) is 62.1 cm³/mol. The summed E-state index contributed by atoms with van der Waals surface area (Å²) >= 11 is 0. The van der Waals surface area contributed by atoms with Crippen molar-refractivity contribution in [2.45, 2.75) is 44.8 Å². The highest BCUT2D eigenvalue weighted by Crippen LogP contribution is 2.16. The lowest BCUT2D eigenvalue weighted by molar-refractivity contribution is -0.129. The van der Waals surface area contributed by atoms with Crippen molar-refractivity contribution in [2.24, 2.45) is 0 Å².